The fourth-order valence-corrected chi connectivity index (χ4v) is 5.41. The molecule has 1 aliphatic rings. The van der Waals surface area contributed by atoms with Crippen LogP contribution < -0.4 is 0 Å². The van der Waals surface area contributed by atoms with Crippen molar-refractivity contribution < 1.29 is 22.7 Å². The summed E-state index contributed by atoms with van der Waals surface area (Å²) < 4.78 is 38.4. The summed E-state index contributed by atoms with van der Waals surface area (Å²) in [5, 5.41) is 0. The van der Waals surface area contributed by atoms with Crippen LogP contribution in [0.1, 0.15) is 49.5 Å². The lowest BCUT2D eigenvalue weighted by atomic mass is 10.1. The highest BCUT2D eigenvalue weighted by Gasteiger charge is 2.30. The second-order valence-electron chi connectivity index (χ2n) is 7.15. The molecule has 1 aliphatic heterocycles. The Labute approximate surface area is 175 Å². The molecule has 0 saturated carbocycles. The number of hydrogen-bond acceptors (Lipinski definition) is 5. The molecule has 7 nitrogen and oxygen atoms in total. The first-order valence-electron chi connectivity index (χ1n) is 10.4. The molecule has 0 N–H and O–H groups in total. The number of methoxy groups -OCH3 is 1. The van der Waals surface area contributed by atoms with Crippen LogP contribution in [0.5, 0.6) is 0 Å². The van der Waals surface area contributed by atoms with E-state index >= 15 is 0 Å². The topological polar surface area (TPSA) is 76.2 Å². The van der Waals surface area contributed by atoms with E-state index in [1.54, 1.807) is 30.2 Å². The molecule has 0 bridgehead atoms. The lowest BCUT2D eigenvalue weighted by Gasteiger charge is -2.31. The van der Waals surface area contributed by atoms with E-state index in [-0.39, 0.29) is 16.8 Å². The van der Waals surface area contributed by atoms with Gasteiger partial charge >= 0.3 is 0 Å². The minimum atomic E-state index is -3.68. The Morgan fingerprint density at radius 1 is 1.21 bits per heavy atom. The number of morpholine rings is 1. The van der Waals surface area contributed by atoms with E-state index in [0.717, 1.165) is 18.4 Å². The number of nitrogens with zero attached hydrogens (tertiary/aromatic N) is 2. The minimum Gasteiger partial charge on any atom is -0.383 e. The third-order valence-electron chi connectivity index (χ3n) is 5.46. The monoisotopic (exact) mass is 426 g/mol. The van der Waals surface area contributed by atoms with Gasteiger partial charge in [-0.1, -0.05) is 26.8 Å². The van der Waals surface area contributed by atoms with Gasteiger partial charge in [0.2, 0.25) is 10.0 Å². The lowest BCUT2D eigenvalue weighted by molar-refractivity contribution is 0.0589. The smallest absolute Gasteiger partial charge is 0.254 e. The van der Waals surface area contributed by atoms with Crippen molar-refractivity contribution in [2.24, 2.45) is 0 Å². The summed E-state index contributed by atoms with van der Waals surface area (Å²) in [6.07, 6.45) is 2.24. The summed E-state index contributed by atoms with van der Waals surface area (Å²) in [7, 11) is -2.07. The first-order chi connectivity index (χ1) is 13.9. The van der Waals surface area contributed by atoms with Gasteiger partial charge in [-0.25, -0.2) is 8.42 Å². The molecule has 1 amide bonds. The van der Waals surface area contributed by atoms with Crippen molar-refractivity contribution in [2.75, 3.05) is 46.6 Å². The number of ether oxygens (including phenoxy) is 2. The normalized spacial score (nSPS) is 15.6. The third kappa shape index (κ3) is 5.57. The van der Waals surface area contributed by atoms with E-state index in [1.165, 1.54) is 4.31 Å². The summed E-state index contributed by atoms with van der Waals surface area (Å²) >= 11 is 0. The summed E-state index contributed by atoms with van der Waals surface area (Å²) in [5.41, 5.74) is 1.12. The Balaban J connectivity index is 2.42. The molecule has 0 aromatic heterocycles. The molecule has 29 heavy (non-hydrogen) atoms. The number of hydrogen-bond donors (Lipinski definition) is 0. The van der Waals surface area contributed by atoms with E-state index in [9.17, 15) is 13.2 Å². The molecule has 1 fully saturated rings. The zero-order valence-corrected chi connectivity index (χ0v) is 18.8. The molecule has 1 saturated heterocycles. The summed E-state index contributed by atoms with van der Waals surface area (Å²) in [5.74, 6) is -0.156. The van der Waals surface area contributed by atoms with Crippen molar-refractivity contribution in [1.29, 1.82) is 0 Å². The molecule has 164 valence electrons. The highest BCUT2D eigenvalue weighted by molar-refractivity contribution is 7.89. The SMILES string of the molecule is CCc1ccc(C(=O)N(CCOC)C(CC)CC)cc1S(=O)(=O)N1CCOCC1. The van der Waals surface area contributed by atoms with Crippen LogP contribution in [-0.2, 0) is 25.9 Å². The van der Waals surface area contributed by atoms with Gasteiger partial charge in [-0.3, -0.25) is 4.79 Å². The highest BCUT2D eigenvalue weighted by Crippen LogP contribution is 2.25. The van der Waals surface area contributed by atoms with Gasteiger partial charge in [-0.05, 0) is 37.0 Å². The van der Waals surface area contributed by atoms with E-state index in [0.29, 0.717) is 51.4 Å². The van der Waals surface area contributed by atoms with Crippen molar-refractivity contribution in [2.45, 2.75) is 51.0 Å². The average molecular weight is 427 g/mol. The number of rotatable bonds is 10. The third-order valence-corrected chi connectivity index (χ3v) is 7.44. The van der Waals surface area contributed by atoms with Gasteiger partial charge < -0.3 is 14.4 Å². The molecule has 0 aliphatic carbocycles. The number of carbonyl (C=O) groups excluding carboxylic acids is 1. The van der Waals surface area contributed by atoms with Gasteiger partial charge in [0.1, 0.15) is 0 Å². The quantitative estimate of drug-likeness (QED) is 0.575. The summed E-state index contributed by atoms with van der Waals surface area (Å²) in [6.45, 7) is 8.37. The number of aryl methyl sites for hydroxylation is 1. The Morgan fingerprint density at radius 2 is 1.86 bits per heavy atom. The second-order valence-corrected chi connectivity index (χ2v) is 9.06. The number of carbonyl (C=O) groups is 1. The Bertz CT molecular complexity index is 771. The Kier molecular flexibility index (Phi) is 9.07. The van der Waals surface area contributed by atoms with Crippen molar-refractivity contribution in [1.82, 2.24) is 9.21 Å². The van der Waals surface area contributed by atoms with Crippen molar-refractivity contribution in [3.63, 3.8) is 0 Å². The highest BCUT2D eigenvalue weighted by atomic mass is 32.2. The second kappa shape index (κ2) is 11.1. The molecule has 1 heterocycles. The molecule has 2 rings (SSSR count). The molecular formula is C21H34N2O5S. The van der Waals surface area contributed by atoms with Gasteiger partial charge in [-0.2, -0.15) is 4.31 Å². The molecular weight excluding hydrogens is 392 g/mol. The molecule has 0 unspecified atom stereocenters. The van der Waals surface area contributed by atoms with Gasteiger partial charge in [0.05, 0.1) is 24.7 Å². The maximum atomic E-state index is 13.3. The van der Waals surface area contributed by atoms with E-state index < -0.39 is 10.0 Å². The van der Waals surface area contributed by atoms with Crippen LogP contribution in [0.25, 0.3) is 0 Å². The van der Waals surface area contributed by atoms with Crippen molar-refractivity contribution >= 4 is 15.9 Å². The van der Waals surface area contributed by atoms with Crippen LogP contribution in [0.2, 0.25) is 0 Å². The number of sulfonamides is 1. The van der Waals surface area contributed by atoms with Gasteiger partial charge in [0, 0.05) is 38.3 Å². The zero-order chi connectivity index (χ0) is 21.4. The molecule has 1 aromatic carbocycles. The van der Waals surface area contributed by atoms with Crippen LogP contribution in [0.3, 0.4) is 0 Å². The van der Waals surface area contributed by atoms with Gasteiger partial charge in [0.15, 0.2) is 0 Å². The minimum absolute atomic E-state index is 0.0859. The zero-order valence-electron chi connectivity index (χ0n) is 18.0. The van der Waals surface area contributed by atoms with E-state index in [1.807, 2.05) is 6.92 Å². The van der Waals surface area contributed by atoms with E-state index in [4.69, 9.17) is 9.47 Å². The van der Waals surface area contributed by atoms with Gasteiger partial charge in [-0.15, -0.1) is 0 Å². The molecule has 0 radical (unpaired) electrons. The summed E-state index contributed by atoms with van der Waals surface area (Å²) in [4.78, 5) is 15.3. The van der Waals surface area contributed by atoms with Crippen molar-refractivity contribution in [3.8, 4) is 0 Å². The predicted molar refractivity (Wildman–Crippen MR) is 113 cm³/mol. The van der Waals surface area contributed by atoms with Crippen LogP contribution >= 0.6 is 0 Å². The van der Waals surface area contributed by atoms with Crippen LogP contribution in [0.15, 0.2) is 23.1 Å². The van der Waals surface area contributed by atoms with Crippen LogP contribution in [0, 0.1) is 0 Å². The molecule has 8 heteroatoms. The fourth-order valence-electron chi connectivity index (χ4n) is 3.68. The van der Waals surface area contributed by atoms with Crippen LogP contribution in [-0.4, -0.2) is 76.1 Å². The maximum absolute atomic E-state index is 13.3. The lowest BCUT2D eigenvalue weighted by Crippen LogP contribution is -2.42. The number of amides is 1. The van der Waals surface area contributed by atoms with Gasteiger partial charge in [0.25, 0.3) is 5.91 Å². The Morgan fingerprint density at radius 3 is 2.41 bits per heavy atom. The standard InChI is InChI=1S/C21H34N2O5S/c1-5-17-8-9-18(21(24)23(12-13-27-4)19(6-2)7-3)16-20(17)29(25,26)22-10-14-28-15-11-22/h8-9,16,19H,5-7,10-15H2,1-4H3. The van der Waals surface area contributed by atoms with E-state index in [2.05, 4.69) is 13.8 Å². The number of benzene rings is 1. The van der Waals surface area contributed by atoms with Crippen molar-refractivity contribution in [3.05, 3.63) is 29.3 Å². The average Bonchev–Trinajstić information content (AvgIpc) is 2.76. The maximum Gasteiger partial charge on any atom is 0.254 e. The first-order valence-corrected chi connectivity index (χ1v) is 11.8. The largest absolute Gasteiger partial charge is 0.383 e. The predicted octanol–water partition coefficient (Wildman–Crippen LogP) is 2.55. The fraction of sp³-hybridized carbons (Fsp3) is 0.667. The Hall–Kier alpha value is -1.48. The van der Waals surface area contributed by atoms with Crippen LogP contribution in [0.4, 0.5) is 0 Å². The summed E-state index contributed by atoms with van der Waals surface area (Å²) in [6, 6.07) is 5.14. The molecule has 0 spiro atoms. The molecule has 0 atom stereocenters. The first kappa shape index (κ1) is 23.8. The molecule has 1 aromatic rings.